The van der Waals surface area contributed by atoms with Crippen molar-refractivity contribution in [2.45, 2.75) is 25.7 Å². The van der Waals surface area contributed by atoms with Gasteiger partial charge in [0.2, 0.25) is 0 Å². The molecular weight excluding hydrogens is 304 g/mol. The van der Waals surface area contributed by atoms with E-state index < -0.39 is 11.4 Å². The third-order valence-corrected chi connectivity index (χ3v) is 4.72. The van der Waals surface area contributed by atoms with E-state index in [1.807, 2.05) is 24.3 Å². The van der Waals surface area contributed by atoms with E-state index in [0.717, 1.165) is 5.56 Å². The number of esters is 1. The molecule has 2 rings (SSSR count). The fraction of sp³-hybridized carbons (Fsp3) is 0.529. The Bertz CT molecular complexity index is 540. The van der Waals surface area contributed by atoms with E-state index in [0.29, 0.717) is 37.3 Å². The van der Waals surface area contributed by atoms with Crippen LogP contribution < -0.4 is 0 Å². The van der Waals surface area contributed by atoms with Gasteiger partial charge in [-0.05, 0) is 43.4 Å². The number of benzene rings is 1. The van der Waals surface area contributed by atoms with Gasteiger partial charge in [0.1, 0.15) is 5.41 Å². The normalized spacial score (nSPS) is 24.5. The molecule has 0 spiro atoms. The van der Waals surface area contributed by atoms with Crippen molar-refractivity contribution in [1.82, 2.24) is 0 Å². The van der Waals surface area contributed by atoms with Gasteiger partial charge >= 0.3 is 5.97 Å². The maximum Gasteiger partial charge on any atom is 0.319 e. The maximum absolute atomic E-state index is 12.8. The van der Waals surface area contributed by atoms with Crippen LogP contribution in [0.3, 0.4) is 0 Å². The minimum Gasteiger partial charge on any atom is -0.468 e. The number of ether oxygens (including phenoxy) is 2. The minimum atomic E-state index is -1.04. The summed E-state index contributed by atoms with van der Waals surface area (Å²) < 4.78 is 9.95. The van der Waals surface area contributed by atoms with Crippen molar-refractivity contribution < 1.29 is 19.1 Å². The number of rotatable bonds is 6. The number of hydrogen-bond acceptors (Lipinski definition) is 4. The van der Waals surface area contributed by atoms with Crippen LogP contribution in [0.15, 0.2) is 24.3 Å². The van der Waals surface area contributed by atoms with Gasteiger partial charge in [0.15, 0.2) is 5.78 Å². The molecule has 4 nitrogen and oxygen atoms in total. The number of Topliss-reactive ketones (excluding diaryl/α,β-unsaturated/α-hetero) is 1. The van der Waals surface area contributed by atoms with Gasteiger partial charge < -0.3 is 9.47 Å². The van der Waals surface area contributed by atoms with Crippen LogP contribution in [-0.2, 0) is 25.5 Å². The molecule has 22 heavy (non-hydrogen) atoms. The van der Waals surface area contributed by atoms with Gasteiger partial charge in [-0.25, -0.2) is 0 Å². The summed E-state index contributed by atoms with van der Waals surface area (Å²) in [5.74, 6) is -0.614. The molecule has 2 unspecified atom stereocenters. The van der Waals surface area contributed by atoms with Crippen molar-refractivity contribution in [3.05, 3.63) is 34.9 Å². The lowest BCUT2D eigenvalue weighted by molar-refractivity contribution is -0.158. The molecule has 0 N–H and O–H groups in total. The molecule has 1 fully saturated rings. The molecule has 1 aliphatic carbocycles. The lowest BCUT2D eigenvalue weighted by Crippen LogP contribution is -2.39. The van der Waals surface area contributed by atoms with Crippen LogP contribution in [0.1, 0.15) is 24.8 Å². The Labute approximate surface area is 135 Å². The summed E-state index contributed by atoms with van der Waals surface area (Å²) in [6.45, 7) is 0.370. The molecule has 1 aromatic rings. The lowest BCUT2D eigenvalue weighted by atomic mass is 9.80. The second-order valence-electron chi connectivity index (χ2n) is 5.75. The Balaban J connectivity index is 2.14. The molecule has 0 amide bonds. The summed E-state index contributed by atoms with van der Waals surface area (Å²) in [5.41, 5.74) is 0.0112. The fourth-order valence-electron chi connectivity index (χ4n) is 3.19. The van der Waals surface area contributed by atoms with Crippen LogP contribution >= 0.6 is 11.6 Å². The van der Waals surface area contributed by atoms with E-state index in [1.165, 1.54) is 7.11 Å². The average Bonchev–Trinajstić information content (AvgIpc) is 2.84. The first-order valence-electron chi connectivity index (χ1n) is 7.39. The first-order valence-corrected chi connectivity index (χ1v) is 7.77. The summed E-state index contributed by atoms with van der Waals surface area (Å²) in [6.07, 6.45) is 2.23. The van der Waals surface area contributed by atoms with Gasteiger partial charge in [-0.2, -0.15) is 0 Å². The second kappa shape index (κ2) is 7.25. The Hall–Kier alpha value is -1.39. The quantitative estimate of drug-likeness (QED) is 0.596. The second-order valence-corrected chi connectivity index (χ2v) is 6.18. The van der Waals surface area contributed by atoms with Gasteiger partial charge in [-0.3, -0.25) is 9.59 Å². The van der Waals surface area contributed by atoms with Crippen LogP contribution in [0, 0.1) is 11.3 Å². The van der Waals surface area contributed by atoms with Crippen LogP contribution in [0.2, 0.25) is 5.02 Å². The zero-order chi connectivity index (χ0) is 16.2. The predicted octanol–water partition coefficient (Wildman–Crippen LogP) is 3.06. The average molecular weight is 325 g/mol. The molecule has 1 saturated carbocycles. The predicted molar refractivity (Wildman–Crippen MR) is 83.8 cm³/mol. The van der Waals surface area contributed by atoms with E-state index in [-0.39, 0.29) is 11.7 Å². The van der Waals surface area contributed by atoms with E-state index >= 15 is 0 Å². The summed E-state index contributed by atoms with van der Waals surface area (Å²) in [6, 6.07) is 7.47. The molecule has 0 radical (unpaired) electrons. The minimum absolute atomic E-state index is 0.0219. The summed E-state index contributed by atoms with van der Waals surface area (Å²) in [7, 11) is 2.90. The highest BCUT2D eigenvalue weighted by Crippen LogP contribution is 2.43. The highest BCUT2D eigenvalue weighted by Gasteiger charge is 2.53. The van der Waals surface area contributed by atoms with Crippen LogP contribution in [0.4, 0.5) is 0 Å². The molecule has 1 aliphatic rings. The van der Waals surface area contributed by atoms with Crippen LogP contribution in [-0.4, -0.2) is 32.6 Å². The van der Waals surface area contributed by atoms with E-state index in [1.54, 1.807) is 7.11 Å². The first kappa shape index (κ1) is 17.0. The van der Waals surface area contributed by atoms with Gasteiger partial charge in [-0.15, -0.1) is 0 Å². The van der Waals surface area contributed by atoms with Crippen LogP contribution in [0.5, 0.6) is 0 Å². The zero-order valence-electron chi connectivity index (χ0n) is 12.9. The van der Waals surface area contributed by atoms with E-state index in [2.05, 4.69) is 0 Å². The van der Waals surface area contributed by atoms with E-state index in [9.17, 15) is 9.59 Å². The molecule has 0 heterocycles. The SMILES string of the molecule is COCCC1(C(=O)OC)CCC(Cc2ccc(Cl)cc2)C1=O. The monoisotopic (exact) mass is 324 g/mol. The van der Waals surface area contributed by atoms with Gasteiger partial charge in [-0.1, -0.05) is 23.7 Å². The first-order chi connectivity index (χ1) is 10.5. The fourth-order valence-corrected chi connectivity index (χ4v) is 3.32. The highest BCUT2D eigenvalue weighted by atomic mass is 35.5. The molecule has 0 aliphatic heterocycles. The molecule has 0 saturated heterocycles. The molecule has 0 bridgehead atoms. The van der Waals surface area contributed by atoms with Crippen molar-refractivity contribution >= 4 is 23.4 Å². The molecule has 5 heteroatoms. The smallest absolute Gasteiger partial charge is 0.319 e. The molecule has 1 aromatic carbocycles. The number of carbonyl (C=O) groups is 2. The number of methoxy groups -OCH3 is 2. The van der Waals surface area contributed by atoms with Crippen molar-refractivity contribution in [1.29, 1.82) is 0 Å². The number of hydrogen-bond donors (Lipinski definition) is 0. The lowest BCUT2D eigenvalue weighted by Gasteiger charge is -2.24. The maximum atomic E-state index is 12.8. The molecule has 120 valence electrons. The molecular formula is C17H21ClO4. The van der Waals surface area contributed by atoms with Gasteiger partial charge in [0, 0.05) is 24.7 Å². The summed E-state index contributed by atoms with van der Waals surface area (Å²) >= 11 is 5.88. The van der Waals surface area contributed by atoms with Crippen molar-refractivity contribution in [3.8, 4) is 0 Å². The Morgan fingerprint density at radius 3 is 2.59 bits per heavy atom. The number of halogens is 1. The third-order valence-electron chi connectivity index (χ3n) is 4.47. The summed E-state index contributed by atoms with van der Waals surface area (Å²) in [4.78, 5) is 25.0. The molecule has 0 aromatic heterocycles. The van der Waals surface area contributed by atoms with Gasteiger partial charge in [0.25, 0.3) is 0 Å². The third kappa shape index (κ3) is 3.33. The molecule has 2 atom stereocenters. The topological polar surface area (TPSA) is 52.6 Å². The van der Waals surface area contributed by atoms with E-state index in [4.69, 9.17) is 21.1 Å². The Kier molecular flexibility index (Phi) is 5.59. The Morgan fingerprint density at radius 2 is 2.00 bits per heavy atom. The summed E-state index contributed by atoms with van der Waals surface area (Å²) in [5, 5.41) is 0.672. The number of carbonyl (C=O) groups excluding carboxylic acids is 2. The van der Waals surface area contributed by atoms with Crippen molar-refractivity contribution in [2.24, 2.45) is 11.3 Å². The largest absolute Gasteiger partial charge is 0.468 e. The zero-order valence-corrected chi connectivity index (χ0v) is 13.7. The van der Waals surface area contributed by atoms with Gasteiger partial charge in [0.05, 0.1) is 7.11 Å². The highest BCUT2D eigenvalue weighted by molar-refractivity contribution is 6.30. The number of ketones is 1. The van der Waals surface area contributed by atoms with Crippen molar-refractivity contribution in [2.75, 3.05) is 20.8 Å². The Morgan fingerprint density at radius 1 is 1.32 bits per heavy atom. The van der Waals surface area contributed by atoms with Crippen LogP contribution in [0.25, 0.3) is 0 Å². The standard InChI is InChI=1S/C17H21ClO4/c1-21-10-9-17(16(20)22-2)8-7-13(15(17)19)11-12-3-5-14(18)6-4-12/h3-6,13H,7-11H2,1-2H3. The van der Waals surface area contributed by atoms with Crippen molar-refractivity contribution in [3.63, 3.8) is 0 Å².